The summed E-state index contributed by atoms with van der Waals surface area (Å²) in [5.41, 5.74) is 6.18. The molecule has 1 fully saturated rings. The van der Waals surface area contributed by atoms with Crippen LogP contribution >= 0.6 is 0 Å². The van der Waals surface area contributed by atoms with Gasteiger partial charge >= 0.3 is 0 Å². The van der Waals surface area contributed by atoms with Crippen molar-refractivity contribution in [2.75, 3.05) is 13.1 Å². The van der Waals surface area contributed by atoms with E-state index < -0.39 is 0 Å². The Bertz CT molecular complexity index is 791. The average molecular weight is 363 g/mol. The van der Waals surface area contributed by atoms with Crippen molar-refractivity contribution in [2.24, 2.45) is 0 Å². The third kappa shape index (κ3) is 4.41. The highest BCUT2D eigenvalue weighted by atomic mass is 16.1. The molecule has 2 aliphatic rings. The number of hydrogen-bond donors (Lipinski definition) is 1. The largest absolute Gasteiger partial charge is 0.346 e. The van der Waals surface area contributed by atoms with Crippen molar-refractivity contribution < 1.29 is 4.79 Å². The molecule has 2 aromatic rings. The van der Waals surface area contributed by atoms with Gasteiger partial charge < -0.3 is 5.32 Å². The van der Waals surface area contributed by atoms with Gasteiger partial charge in [0, 0.05) is 12.1 Å². The lowest BCUT2D eigenvalue weighted by atomic mass is 9.89. The summed E-state index contributed by atoms with van der Waals surface area (Å²) in [5.74, 6) is 0.00735. The molecule has 142 valence electrons. The van der Waals surface area contributed by atoms with E-state index in [4.69, 9.17) is 0 Å². The molecule has 0 saturated carbocycles. The Morgan fingerprint density at radius 3 is 2.41 bits per heavy atom. The lowest BCUT2D eigenvalue weighted by Crippen LogP contribution is -2.27. The highest BCUT2D eigenvalue weighted by Gasteiger charge is 2.16. The van der Waals surface area contributed by atoms with Crippen molar-refractivity contribution in [3.8, 4) is 0 Å². The van der Waals surface area contributed by atoms with Crippen molar-refractivity contribution in [1.29, 1.82) is 0 Å². The van der Waals surface area contributed by atoms with Crippen molar-refractivity contribution >= 4 is 5.91 Å². The van der Waals surface area contributed by atoms with E-state index in [0.29, 0.717) is 0 Å². The molecule has 3 nitrogen and oxygen atoms in total. The van der Waals surface area contributed by atoms with E-state index in [9.17, 15) is 4.79 Å². The minimum Gasteiger partial charge on any atom is -0.346 e. The van der Waals surface area contributed by atoms with Crippen LogP contribution in [0.3, 0.4) is 0 Å². The lowest BCUT2D eigenvalue weighted by Gasteiger charge is -2.20. The van der Waals surface area contributed by atoms with Gasteiger partial charge in [0.2, 0.25) is 0 Å². The molecule has 1 unspecified atom stereocenters. The van der Waals surface area contributed by atoms with Crippen LogP contribution in [0.1, 0.15) is 71.3 Å². The molecule has 3 heteroatoms. The van der Waals surface area contributed by atoms with Gasteiger partial charge in [-0.25, -0.2) is 0 Å². The van der Waals surface area contributed by atoms with E-state index in [-0.39, 0.29) is 11.9 Å². The Hall–Kier alpha value is -2.13. The Morgan fingerprint density at radius 1 is 0.963 bits per heavy atom. The number of carbonyl (C=O) groups is 1. The molecule has 1 heterocycles. The standard InChI is InChI=1S/C24H30N2O/c1-18(22-13-12-20-6-2-3-7-23(20)16-22)25-24(27)21-10-8-19(9-11-21)17-26-14-4-5-15-26/h8-13,16,18H,2-7,14-15,17H2,1H3,(H,25,27). The van der Waals surface area contributed by atoms with E-state index >= 15 is 0 Å². The number of fused-ring (bicyclic) bond motifs is 1. The van der Waals surface area contributed by atoms with Crippen LogP contribution in [0.25, 0.3) is 0 Å². The molecule has 1 aliphatic carbocycles. The van der Waals surface area contributed by atoms with Crippen molar-refractivity contribution in [2.45, 2.75) is 58.0 Å². The topological polar surface area (TPSA) is 32.3 Å². The number of nitrogens with zero attached hydrogens (tertiary/aromatic N) is 1. The van der Waals surface area contributed by atoms with E-state index in [1.165, 1.54) is 73.9 Å². The third-order valence-electron chi connectivity index (χ3n) is 6.04. The van der Waals surface area contributed by atoms with Gasteiger partial charge in [-0.05, 0) is 92.9 Å². The minimum atomic E-state index is 0.00735. The van der Waals surface area contributed by atoms with Crippen LogP contribution in [-0.4, -0.2) is 23.9 Å². The number of amides is 1. The van der Waals surface area contributed by atoms with E-state index in [0.717, 1.165) is 12.1 Å². The predicted octanol–water partition coefficient (Wildman–Crippen LogP) is 4.65. The first kappa shape index (κ1) is 18.2. The van der Waals surface area contributed by atoms with Gasteiger partial charge in [0.15, 0.2) is 0 Å². The number of rotatable bonds is 5. The molecule has 0 radical (unpaired) electrons. The van der Waals surface area contributed by atoms with Crippen LogP contribution in [-0.2, 0) is 19.4 Å². The van der Waals surface area contributed by atoms with Gasteiger partial charge in [0.25, 0.3) is 5.91 Å². The van der Waals surface area contributed by atoms with E-state index in [1.54, 1.807) is 0 Å². The van der Waals surface area contributed by atoms with Gasteiger partial charge in [-0.3, -0.25) is 9.69 Å². The Labute approximate surface area is 162 Å². The second kappa shape index (κ2) is 8.26. The number of nitrogens with one attached hydrogen (secondary N) is 1. The fourth-order valence-electron chi connectivity index (χ4n) is 4.35. The van der Waals surface area contributed by atoms with Crippen LogP contribution in [0.5, 0.6) is 0 Å². The summed E-state index contributed by atoms with van der Waals surface area (Å²) in [6.45, 7) is 5.46. The highest BCUT2D eigenvalue weighted by Crippen LogP contribution is 2.25. The summed E-state index contributed by atoms with van der Waals surface area (Å²) in [6, 6.07) is 14.8. The number of benzene rings is 2. The molecule has 27 heavy (non-hydrogen) atoms. The molecule has 1 aliphatic heterocycles. The monoisotopic (exact) mass is 362 g/mol. The third-order valence-corrected chi connectivity index (χ3v) is 6.04. The normalized spacial score (nSPS) is 18.1. The lowest BCUT2D eigenvalue weighted by molar-refractivity contribution is 0.0940. The molecule has 0 aromatic heterocycles. The summed E-state index contributed by atoms with van der Waals surface area (Å²) in [6.07, 6.45) is 7.55. The number of aryl methyl sites for hydroxylation is 2. The second-order valence-electron chi connectivity index (χ2n) is 8.11. The zero-order valence-electron chi connectivity index (χ0n) is 16.3. The second-order valence-corrected chi connectivity index (χ2v) is 8.11. The van der Waals surface area contributed by atoms with E-state index in [2.05, 4.69) is 47.5 Å². The summed E-state index contributed by atoms with van der Waals surface area (Å²) >= 11 is 0. The molecule has 1 amide bonds. The fraction of sp³-hybridized carbons (Fsp3) is 0.458. The molecular weight excluding hydrogens is 332 g/mol. The average Bonchev–Trinajstić information content (AvgIpc) is 3.21. The maximum absolute atomic E-state index is 12.7. The van der Waals surface area contributed by atoms with Crippen molar-refractivity contribution in [3.05, 3.63) is 70.3 Å². The van der Waals surface area contributed by atoms with Gasteiger partial charge in [0.1, 0.15) is 0 Å². The summed E-state index contributed by atoms with van der Waals surface area (Å²) < 4.78 is 0. The molecule has 0 bridgehead atoms. The smallest absolute Gasteiger partial charge is 0.251 e. The Morgan fingerprint density at radius 2 is 1.67 bits per heavy atom. The first-order valence-electron chi connectivity index (χ1n) is 10.4. The molecule has 2 aromatic carbocycles. The van der Waals surface area contributed by atoms with Gasteiger partial charge in [-0.1, -0.05) is 30.3 Å². The fourth-order valence-corrected chi connectivity index (χ4v) is 4.35. The quantitative estimate of drug-likeness (QED) is 0.839. The Balaban J connectivity index is 1.37. The molecule has 0 spiro atoms. The van der Waals surface area contributed by atoms with Gasteiger partial charge in [0.05, 0.1) is 6.04 Å². The van der Waals surface area contributed by atoms with Crippen LogP contribution in [0.4, 0.5) is 0 Å². The maximum atomic E-state index is 12.7. The van der Waals surface area contributed by atoms with Crippen molar-refractivity contribution in [1.82, 2.24) is 10.2 Å². The summed E-state index contributed by atoms with van der Waals surface area (Å²) in [4.78, 5) is 15.1. The van der Waals surface area contributed by atoms with Crippen LogP contribution in [0.2, 0.25) is 0 Å². The predicted molar refractivity (Wildman–Crippen MR) is 110 cm³/mol. The molecule has 1 N–H and O–H groups in total. The molecule has 1 atom stereocenters. The first-order chi connectivity index (χ1) is 13.2. The molecular formula is C24H30N2O. The van der Waals surface area contributed by atoms with Crippen LogP contribution in [0, 0.1) is 0 Å². The summed E-state index contributed by atoms with van der Waals surface area (Å²) in [7, 11) is 0. The summed E-state index contributed by atoms with van der Waals surface area (Å²) in [5, 5.41) is 3.16. The Kier molecular flexibility index (Phi) is 5.58. The zero-order valence-corrected chi connectivity index (χ0v) is 16.3. The molecule has 1 saturated heterocycles. The van der Waals surface area contributed by atoms with Gasteiger partial charge in [-0.2, -0.15) is 0 Å². The van der Waals surface area contributed by atoms with Crippen LogP contribution < -0.4 is 5.32 Å². The maximum Gasteiger partial charge on any atom is 0.251 e. The molecule has 4 rings (SSSR count). The van der Waals surface area contributed by atoms with E-state index in [1.807, 2.05) is 12.1 Å². The highest BCUT2D eigenvalue weighted by molar-refractivity contribution is 5.94. The SMILES string of the molecule is CC(NC(=O)c1ccc(CN2CCCC2)cc1)c1ccc2c(c1)CCCC2. The van der Waals surface area contributed by atoms with Gasteiger partial charge in [-0.15, -0.1) is 0 Å². The van der Waals surface area contributed by atoms with Crippen molar-refractivity contribution in [3.63, 3.8) is 0 Å². The number of likely N-dealkylation sites (tertiary alicyclic amines) is 1. The number of hydrogen-bond acceptors (Lipinski definition) is 2. The first-order valence-corrected chi connectivity index (χ1v) is 10.4. The zero-order chi connectivity index (χ0) is 18.6. The number of carbonyl (C=O) groups excluding carboxylic acids is 1. The minimum absolute atomic E-state index is 0.00735. The van der Waals surface area contributed by atoms with Crippen LogP contribution in [0.15, 0.2) is 42.5 Å².